The molecular formula is C13H22O2. The average Bonchev–Trinajstić information content (AvgIpc) is 2.27. The normalized spacial score (nSPS) is 12.9. The lowest BCUT2D eigenvalue weighted by atomic mass is 10.2. The first kappa shape index (κ1) is 14.2. The highest BCUT2D eigenvalue weighted by molar-refractivity contribution is 4.99. The van der Waals surface area contributed by atoms with Crippen LogP contribution in [0, 0.1) is 12.3 Å². The Morgan fingerprint density at radius 3 is 2.73 bits per heavy atom. The number of ether oxygens (including phenoxy) is 2. The van der Waals surface area contributed by atoms with Crippen LogP contribution >= 0.6 is 0 Å². The van der Waals surface area contributed by atoms with Gasteiger partial charge in [-0.2, -0.15) is 0 Å². The summed E-state index contributed by atoms with van der Waals surface area (Å²) in [6.45, 7) is 2.47. The van der Waals surface area contributed by atoms with E-state index in [1.807, 2.05) is 0 Å². The molecular weight excluding hydrogens is 188 g/mol. The third-order valence-electron chi connectivity index (χ3n) is 2.06. The molecule has 0 aromatic heterocycles. The summed E-state index contributed by atoms with van der Waals surface area (Å²) in [5.74, 6) is 2.59. The van der Waals surface area contributed by atoms with Crippen LogP contribution in [0.4, 0.5) is 0 Å². The average molecular weight is 210 g/mol. The van der Waals surface area contributed by atoms with Crippen molar-refractivity contribution in [3.8, 4) is 12.3 Å². The van der Waals surface area contributed by atoms with E-state index in [2.05, 4.69) is 25.0 Å². The monoisotopic (exact) mass is 210 g/mol. The maximum absolute atomic E-state index is 5.31. The predicted octanol–water partition coefficient (Wildman–Crippen LogP) is 3.14. The second-order valence-corrected chi connectivity index (χ2v) is 3.43. The largest absolute Gasteiger partial charge is 0.359 e. The van der Waals surface area contributed by atoms with Gasteiger partial charge in [0.1, 0.15) is 12.9 Å². The third kappa shape index (κ3) is 9.52. The summed E-state index contributed by atoms with van der Waals surface area (Å²) in [7, 11) is 1.59. The molecule has 86 valence electrons. The van der Waals surface area contributed by atoms with Crippen LogP contribution in [-0.4, -0.2) is 20.0 Å². The summed E-state index contributed by atoms with van der Waals surface area (Å²) in [4.78, 5) is 0. The quantitative estimate of drug-likeness (QED) is 0.252. The summed E-state index contributed by atoms with van der Waals surface area (Å²) in [5, 5.41) is 0. The molecule has 0 heterocycles. The van der Waals surface area contributed by atoms with Crippen LogP contribution in [0.2, 0.25) is 0 Å². The van der Waals surface area contributed by atoms with Crippen LogP contribution < -0.4 is 0 Å². The molecule has 0 amide bonds. The van der Waals surface area contributed by atoms with Crippen molar-refractivity contribution in [3.05, 3.63) is 12.2 Å². The lowest BCUT2D eigenvalue weighted by Crippen LogP contribution is -2.10. The minimum atomic E-state index is -0.160. The fraction of sp³-hybridized carbons (Fsp3) is 0.692. The lowest BCUT2D eigenvalue weighted by molar-refractivity contribution is -0.0510. The molecule has 0 fully saturated rings. The van der Waals surface area contributed by atoms with E-state index >= 15 is 0 Å². The molecule has 0 radical (unpaired) electrons. The molecule has 0 saturated carbocycles. The zero-order valence-electron chi connectivity index (χ0n) is 9.87. The summed E-state index contributed by atoms with van der Waals surface area (Å²) in [5.41, 5.74) is 0. The van der Waals surface area contributed by atoms with Crippen molar-refractivity contribution in [3.63, 3.8) is 0 Å². The van der Waals surface area contributed by atoms with E-state index in [-0.39, 0.29) is 12.9 Å². The van der Waals surface area contributed by atoms with Gasteiger partial charge in [0, 0.05) is 13.5 Å². The molecule has 0 aromatic carbocycles. The smallest absolute Gasteiger partial charge is 0.148 e. The fourth-order valence-electron chi connectivity index (χ4n) is 1.18. The van der Waals surface area contributed by atoms with E-state index < -0.39 is 0 Å². The van der Waals surface area contributed by atoms with Gasteiger partial charge < -0.3 is 9.47 Å². The van der Waals surface area contributed by atoms with Gasteiger partial charge in [0.05, 0.1) is 0 Å². The van der Waals surface area contributed by atoms with E-state index in [1.165, 1.54) is 19.3 Å². The van der Waals surface area contributed by atoms with Gasteiger partial charge in [0.25, 0.3) is 0 Å². The molecule has 0 aliphatic heterocycles. The molecule has 2 nitrogen and oxygen atoms in total. The Balaban J connectivity index is 3.48. The van der Waals surface area contributed by atoms with E-state index in [1.54, 1.807) is 7.11 Å². The van der Waals surface area contributed by atoms with Gasteiger partial charge in [0.15, 0.2) is 0 Å². The first-order valence-corrected chi connectivity index (χ1v) is 5.56. The molecule has 0 aromatic rings. The van der Waals surface area contributed by atoms with Gasteiger partial charge in [-0.3, -0.25) is 0 Å². The molecule has 2 heteroatoms. The second-order valence-electron chi connectivity index (χ2n) is 3.43. The number of rotatable bonds is 9. The Morgan fingerprint density at radius 2 is 2.13 bits per heavy atom. The van der Waals surface area contributed by atoms with Crippen molar-refractivity contribution in [1.82, 2.24) is 0 Å². The van der Waals surface area contributed by atoms with Crippen molar-refractivity contribution < 1.29 is 9.47 Å². The highest BCUT2D eigenvalue weighted by Gasteiger charge is 2.00. The van der Waals surface area contributed by atoms with Crippen LogP contribution in [0.25, 0.3) is 0 Å². The van der Waals surface area contributed by atoms with Crippen LogP contribution in [0.15, 0.2) is 12.2 Å². The summed E-state index contributed by atoms with van der Waals surface area (Å²) < 4.78 is 10.1. The fourth-order valence-corrected chi connectivity index (χ4v) is 1.18. The molecule has 15 heavy (non-hydrogen) atoms. The summed E-state index contributed by atoms with van der Waals surface area (Å²) in [6, 6.07) is 0. The van der Waals surface area contributed by atoms with Gasteiger partial charge in [0.2, 0.25) is 0 Å². The third-order valence-corrected chi connectivity index (χ3v) is 2.06. The summed E-state index contributed by atoms with van der Waals surface area (Å²) in [6.07, 6.45) is 15.1. The van der Waals surface area contributed by atoms with Crippen LogP contribution in [-0.2, 0) is 9.47 Å². The van der Waals surface area contributed by atoms with Crippen molar-refractivity contribution in [2.75, 3.05) is 13.9 Å². The standard InChI is InChI=1S/C13H22O2/c1-4-6-7-8-9-10-11-13(5-2)15-12-14-3/h2,9-10,13H,4,6-8,11-12H2,1,3H3/b10-9-/t13-/m1/s1. The van der Waals surface area contributed by atoms with E-state index in [0.717, 1.165) is 12.8 Å². The highest BCUT2D eigenvalue weighted by Crippen LogP contribution is 2.03. The molecule has 1 atom stereocenters. The molecule has 0 N–H and O–H groups in total. The molecule has 0 aliphatic carbocycles. The molecule has 0 bridgehead atoms. The summed E-state index contributed by atoms with van der Waals surface area (Å²) >= 11 is 0. The Morgan fingerprint density at radius 1 is 1.33 bits per heavy atom. The minimum absolute atomic E-state index is 0.160. The van der Waals surface area contributed by atoms with Crippen molar-refractivity contribution in [1.29, 1.82) is 0 Å². The number of hydrogen-bond donors (Lipinski definition) is 0. The second kappa shape index (κ2) is 11.3. The maximum Gasteiger partial charge on any atom is 0.148 e. The first-order chi connectivity index (χ1) is 7.35. The SMILES string of the molecule is C#C[C@H](C/C=C\CCCCC)OCOC. The van der Waals surface area contributed by atoms with Crippen molar-refractivity contribution >= 4 is 0 Å². The van der Waals surface area contributed by atoms with E-state index in [9.17, 15) is 0 Å². The van der Waals surface area contributed by atoms with Crippen molar-refractivity contribution in [2.45, 2.75) is 45.1 Å². The number of hydrogen-bond acceptors (Lipinski definition) is 2. The molecule has 0 aliphatic rings. The Labute approximate surface area is 93.7 Å². The van der Waals surface area contributed by atoms with Crippen LogP contribution in [0.5, 0.6) is 0 Å². The van der Waals surface area contributed by atoms with Crippen molar-refractivity contribution in [2.24, 2.45) is 0 Å². The van der Waals surface area contributed by atoms with E-state index in [0.29, 0.717) is 0 Å². The Hall–Kier alpha value is -0.780. The highest BCUT2D eigenvalue weighted by atomic mass is 16.7. The van der Waals surface area contributed by atoms with Gasteiger partial charge in [-0.1, -0.05) is 37.8 Å². The number of methoxy groups -OCH3 is 1. The predicted molar refractivity (Wildman–Crippen MR) is 63.5 cm³/mol. The number of allylic oxidation sites excluding steroid dienone is 1. The van der Waals surface area contributed by atoms with Gasteiger partial charge in [-0.25, -0.2) is 0 Å². The topological polar surface area (TPSA) is 18.5 Å². The van der Waals surface area contributed by atoms with Crippen LogP contribution in [0.1, 0.15) is 39.0 Å². The van der Waals surface area contributed by atoms with E-state index in [4.69, 9.17) is 15.9 Å². The molecule has 0 saturated heterocycles. The zero-order chi connectivity index (χ0) is 11.4. The lowest BCUT2D eigenvalue weighted by Gasteiger charge is -2.08. The number of unbranched alkanes of at least 4 members (excludes halogenated alkanes) is 3. The van der Waals surface area contributed by atoms with Crippen LogP contribution in [0.3, 0.4) is 0 Å². The molecule has 0 rings (SSSR count). The Bertz CT molecular complexity index is 191. The molecule has 0 unspecified atom stereocenters. The zero-order valence-corrected chi connectivity index (χ0v) is 9.87. The van der Waals surface area contributed by atoms with Gasteiger partial charge in [-0.05, 0) is 12.8 Å². The van der Waals surface area contributed by atoms with Gasteiger partial charge >= 0.3 is 0 Å². The minimum Gasteiger partial charge on any atom is -0.359 e. The number of terminal acetylenes is 1. The first-order valence-electron chi connectivity index (χ1n) is 5.56. The maximum atomic E-state index is 5.31. The Kier molecular flexibility index (Phi) is 10.7. The van der Waals surface area contributed by atoms with Gasteiger partial charge in [-0.15, -0.1) is 6.42 Å². The molecule has 0 spiro atoms.